The monoisotopic (exact) mass is 348 g/mol. The van der Waals surface area contributed by atoms with Crippen molar-refractivity contribution in [2.24, 2.45) is 0 Å². The first-order chi connectivity index (χ1) is 11.7. The number of benzene rings is 1. The van der Waals surface area contributed by atoms with Crippen LogP contribution in [-0.4, -0.2) is 48.6 Å². The van der Waals surface area contributed by atoms with E-state index in [1.165, 1.54) is 43.7 Å². The van der Waals surface area contributed by atoms with Crippen molar-refractivity contribution in [3.63, 3.8) is 0 Å². The molecule has 1 saturated heterocycles. The third-order valence-electron chi connectivity index (χ3n) is 5.03. The highest BCUT2D eigenvalue weighted by atomic mass is 15.3. The Kier molecular flexibility index (Phi) is 10.6. The maximum atomic E-state index is 2.67. The van der Waals surface area contributed by atoms with E-state index in [2.05, 4.69) is 75.7 Å². The Morgan fingerprint density at radius 1 is 0.880 bits per heavy atom. The first-order valence-electron chi connectivity index (χ1n) is 10.2. The highest BCUT2D eigenvalue weighted by molar-refractivity contribution is 5.29. The fourth-order valence-corrected chi connectivity index (χ4v) is 3.77. The number of likely N-dealkylation sites (N-methyl/N-ethyl adjacent to an activating group) is 1. The Labute approximate surface area is 158 Å². The minimum Gasteiger partial charge on any atom is -0.304 e. The summed E-state index contributed by atoms with van der Waals surface area (Å²) in [4.78, 5) is 5.10. The lowest BCUT2D eigenvalue weighted by Crippen LogP contribution is -2.55. The van der Waals surface area contributed by atoms with Crippen LogP contribution in [0.1, 0.15) is 72.9 Å². The second-order valence-corrected chi connectivity index (χ2v) is 8.03. The van der Waals surface area contributed by atoms with Crippen molar-refractivity contribution in [1.29, 1.82) is 0 Å². The highest BCUT2D eigenvalue weighted by Gasteiger charge is 2.35. The lowest BCUT2D eigenvalue weighted by Gasteiger charge is -2.46. The summed E-state index contributed by atoms with van der Waals surface area (Å²) < 4.78 is 0. The van der Waals surface area contributed by atoms with Crippen LogP contribution in [0.15, 0.2) is 24.3 Å². The predicted octanol–water partition coefficient (Wildman–Crippen LogP) is 5.74. The molecule has 1 fully saturated rings. The van der Waals surface area contributed by atoms with Crippen LogP contribution in [0, 0.1) is 6.92 Å². The summed E-state index contributed by atoms with van der Waals surface area (Å²) >= 11 is 0. The zero-order valence-electron chi connectivity index (χ0n) is 18.7. The molecule has 146 valence electrons. The third kappa shape index (κ3) is 7.50. The number of nitrogens with zero attached hydrogens (tertiary/aromatic N) is 2. The van der Waals surface area contributed by atoms with Crippen molar-refractivity contribution in [1.82, 2.24) is 9.80 Å². The summed E-state index contributed by atoms with van der Waals surface area (Å²) in [6.07, 6.45) is 1.19. The summed E-state index contributed by atoms with van der Waals surface area (Å²) in [6.45, 7) is 24.5. The van der Waals surface area contributed by atoms with E-state index in [0.29, 0.717) is 0 Å². The zero-order valence-corrected chi connectivity index (χ0v) is 18.7. The van der Waals surface area contributed by atoms with Gasteiger partial charge in [-0.3, -0.25) is 4.90 Å². The molecule has 1 aliphatic heterocycles. The Hall–Kier alpha value is -0.860. The van der Waals surface area contributed by atoms with Crippen molar-refractivity contribution in [3.05, 3.63) is 35.4 Å². The number of hydrogen-bond donors (Lipinski definition) is 0. The average Bonchev–Trinajstić information content (AvgIpc) is 2.58. The molecule has 1 aliphatic rings. The van der Waals surface area contributed by atoms with Crippen LogP contribution < -0.4 is 0 Å². The molecular formula is C23H44N2. The molecule has 0 radical (unpaired) electrons. The van der Waals surface area contributed by atoms with Gasteiger partial charge in [-0.1, -0.05) is 71.4 Å². The smallest absolute Gasteiger partial charge is 0.0162 e. The van der Waals surface area contributed by atoms with Crippen LogP contribution in [-0.2, 0) is 5.41 Å². The quantitative estimate of drug-likeness (QED) is 0.684. The summed E-state index contributed by atoms with van der Waals surface area (Å²) in [5.41, 5.74) is 3.27. The minimum atomic E-state index is 0.207. The van der Waals surface area contributed by atoms with Gasteiger partial charge < -0.3 is 4.90 Å². The Morgan fingerprint density at radius 3 is 1.88 bits per heavy atom. The Balaban J connectivity index is 0.00000134. The van der Waals surface area contributed by atoms with Gasteiger partial charge in [0.1, 0.15) is 0 Å². The van der Waals surface area contributed by atoms with Crippen LogP contribution in [0.25, 0.3) is 0 Å². The van der Waals surface area contributed by atoms with Gasteiger partial charge in [-0.05, 0) is 45.2 Å². The first-order valence-corrected chi connectivity index (χ1v) is 10.2. The minimum absolute atomic E-state index is 0.207. The molecule has 0 N–H and O–H groups in total. The topological polar surface area (TPSA) is 6.48 Å². The average molecular weight is 349 g/mol. The molecule has 0 unspecified atom stereocenters. The zero-order chi connectivity index (χ0) is 19.7. The van der Waals surface area contributed by atoms with Gasteiger partial charge in [-0.2, -0.15) is 0 Å². The van der Waals surface area contributed by atoms with E-state index in [-0.39, 0.29) is 11.0 Å². The molecule has 25 heavy (non-hydrogen) atoms. The summed E-state index contributed by atoms with van der Waals surface area (Å²) in [5.74, 6) is 0. The molecule has 2 nitrogen and oxygen atoms in total. The van der Waals surface area contributed by atoms with Crippen molar-refractivity contribution in [2.75, 3.05) is 33.2 Å². The number of rotatable bonds is 4. The van der Waals surface area contributed by atoms with Gasteiger partial charge in [0.05, 0.1) is 0 Å². The summed E-state index contributed by atoms with van der Waals surface area (Å²) in [5, 5.41) is 0. The lowest BCUT2D eigenvalue weighted by atomic mass is 9.74. The second-order valence-electron chi connectivity index (χ2n) is 8.03. The van der Waals surface area contributed by atoms with Gasteiger partial charge in [-0.25, -0.2) is 0 Å². The van der Waals surface area contributed by atoms with Crippen LogP contribution >= 0.6 is 0 Å². The van der Waals surface area contributed by atoms with Crippen LogP contribution in [0.2, 0.25) is 0 Å². The molecule has 0 spiro atoms. The fourth-order valence-electron chi connectivity index (χ4n) is 3.77. The standard InChI is InChI=1S/C19H32N2.2C2H6/c1-16-8-7-9-17(14-16)18(2,3)15-19(4,5)21-12-10-20(6)11-13-21;2*1-2/h7-9,14H,10-13,15H2,1-6H3;2*1-2H3. The maximum absolute atomic E-state index is 2.67. The van der Waals surface area contributed by atoms with Gasteiger partial charge in [0, 0.05) is 31.7 Å². The lowest BCUT2D eigenvalue weighted by molar-refractivity contribution is 0.0442. The summed E-state index contributed by atoms with van der Waals surface area (Å²) in [6, 6.07) is 9.01. The first kappa shape index (κ1) is 24.1. The van der Waals surface area contributed by atoms with Crippen LogP contribution in [0.5, 0.6) is 0 Å². The molecule has 1 heterocycles. The number of piperazine rings is 1. The van der Waals surface area contributed by atoms with Crippen LogP contribution in [0.3, 0.4) is 0 Å². The van der Waals surface area contributed by atoms with Crippen molar-refractivity contribution >= 4 is 0 Å². The molecule has 2 rings (SSSR count). The SMILES string of the molecule is CC.CC.Cc1cccc(C(C)(C)CC(C)(C)N2CCN(C)CC2)c1. The highest BCUT2D eigenvalue weighted by Crippen LogP contribution is 2.35. The molecule has 0 aliphatic carbocycles. The van der Waals surface area contributed by atoms with E-state index in [0.717, 1.165) is 0 Å². The molecule has 1 aromatic rings. The molecule has 1 aromatic carbocycles. The molecule has 0 bridgehead atoms. The molecule has 0 saturated carbocycles. The summed E-state index contributed by atoms with van der Waals surface area (Å²) in [7, 11) is 2.22. The van der Waals surface area contributed by atoms with Crippen molar-refractivity contribution < 1.29 is 0 Å². The predicted molar refractivity (Wildman–Crippen MR) is 115 cm³/mol. The molecular weight excluding hydrogens is 304 g/mol. The van der Waals surface area contributed by atoms with E-state index >= 15 is 0 Å². The molecule has 2 heteroatoms. The fraction of sp³-hybridized carbons (Fsp3) is 0.739. The van der Waals surface area contributed by atoms with Gasteiger partial charge in [-0.15, -0.1) is 0 Å². The van der Waals surface area contributed by atoms with E-state index in [1.807, 2.05) is 27.7 Å². The Morgan fingerprint density at radius 2 is 1.40 bits per heavy atom. The van der Waals surface area contributed by atoms with E-state index < -0.39 is 0 Å². The number of aryl methyl sites for hydroxylation is 1. The van der Waals surface area contributed by atoms with Gasteiger partial charge in [0.2, 0.25) is 0 Å². The molecule has 0 aromatic heterocycles. The third-order valence-corrected chi connectivity index (χ3v) is 5.03. The second kappa shape index (κ2) is 11.0. The van der Waals surface area contributed by atoms with E-state index in [4.69, 9.17) is 0 Å². The Bertz CT molecular complexity index is 469. The molecule has 0 amide bonds. The van der Waals surface area contributed by atoms with Gasteiger partial charge >= 0.3 is 0 Å². The van der Waals surface area contributed by atoms with Crippen molar-refractivity contribution in [3.8, 4) is 0 Å². The van der Waals surface area contributed by atoms with Gasteiger partial charge in [0.15, 0.2) is 0 Å². The molecule has 0 atom stereocenters. The maximum Gasteiger partial charge on any atom is 0.0162 e. The van der Waals surface area contributed by atoms with E-state index in [1.54, 1.807) is 0 Å². The largest absolute Gasteiger partial charge is 0.304 e. The normalized spacial score (nSPS) is 16.4. The van der Waals surface area contributed by atoms with Gasteiger partial charge in [0.25, 0.3) is 0 Å². The number of hydrogen-bond acceptors (Lipinski definition) is 2. The van der Waals surface area contributed by atoms with Crippen LogP contribution in [0.4, 0.5) is 0 Å². The van der Waals surface area contributed by atoms with E-state index in [9.17, 15) is 0 Å². The van der Waals surface area contributed by atoms with Crippen molar-refractivity contribution in [2.45, 2.75) is 79.7 Å².